The van der Waals surface area contributed by atoms with Crippen LogP contribution in [0.15, 0.2) is 78.9 Å². The maximum atomic E-state index is 13.5. The van der Waals surface area contributed by atoms with Gasteiger partial charge in [-0.15, -0.1) is 0 Å². The number of benzene rings is 3. The molecule has 0 saturated carbocycles. The van der Waals surface area contributed by atoms with Crippen molar-refractivity contribution in [3.8, 4) is 0 Å². The van der Waals surface area contributed by atoms with Gasteiger partial charge in [-0.1, -0.05) is 89.9 Å². The first-order chi connectivity index (χ1) is 15.5. The summed E-state index contributed by atoms with van der Waals surface area (Å²) in [6.07, 6.45) is 0.592. The number of carbonyl (C=O) groups excluding carboxylic acids is 2. The lowest BCUT2D eigenvalue weighted by molar-refractivity contribution is -0.140. The second kappa shape index (κ2) is 11.7. The summed E-state index contributed by atoms with van der Waals surface area (Å²) < 4.78 is 0. The van der Waals surface area contributed by atoms with Gasteiger partial charge in [-0.3, -0.25) is 9.59 Å². The van der Waals surface area contributed by atoms with E-state index in [4.69, 9.17) is 23.2 Å². The third-order valence-corrected chi connectivity index (χ3v) is 5.76. The third-order valence-electron chi connectivity index (χ3n) is 5.18. The van der Waals surface area contributed by atoms with E-state index in [0.717, 1.165) is 16.7 Å². The molecule has 4 nitrogen and oxygen atoms in total. The summed E-state index contributed by atoms with van der Waals surface area (Å²) in [5, 5.41) is 3.87. The summed E-state index contributed by atoms with van der Waals surface area (Å²) in [6, 6.07) is 23.7. The average Bonchev–Trinajstić information content (AvgIpc) is 2.79. The van der Waals surface area contributed by atoms with Crippen LogP contribution in [0.25, 0.3) is 0 Å². The highest BCUT2D eigenvalue weighted by atomic mass is 35.5. The molecule has 2 amide bonds. The molecular weight excluding hydrogens is 443 g/mol. The Kier molecular flexibility index (Phi) is 8.72. The molecule has 3 aromatic carbocycles. The van der Waals surface area contributed by atoms with Crippen molar-refractivity contribution in [1.29, 1.82) is 0 Å². The van der Waals surface area contributed by atoms with Crippen LogP contribution in [0, 0.1) is 0 Å². The van der Waals surface area contributed by atoms with Crippen LogP contribution in [0.3, 0.4) is 0 Å². The van der Waals surface area contributed by atoms with E-state index in [1.54, 1.807) is 23.1 Å². The van der Waals surface area contributed by atoms with Crippen LogP contribution >= 0.6 is 23.2 Å². The maximum Gasteiger partial charge on any atom is 0.243 e. The number of hydrogen-bond acceptors (Lipinski definition) is 2. The Morgan fingerprint density at radius 3 is 2.12 bits per heavy atom. The van der Waals surface area contributed by atoms with Crippen molar-refractivity contribution in [3.63, 3.8) is 0 Å². The zero-order valence-corrected chi connectivity index (χ0v) is 19.4. The van der Waals surface area contributed by atoms with Gasteiger partial charge in [0, 0.05) is 29.6 Å². The molecule has 32 heavy (non-hydrogen) atoms. The number of likely N-dealkylation sites (N-methyl/N-ethyl adjacent to an activating group) is 1. The minimum Gasteiger partial charge on any atom is -0.355 e. The quantitative estimate of drug-likeness (QED) is 0.462. The number of amides is 2. The molecule has 0 unspecified atom stereocenters. The van der Waals surface area contributed by atoms with Crippen LogP contribution < -0.4 is 5.32 Å². The van der Waals surface area contributed by atoms with Gasteiger partial charge in [0.25, 0.3) is 0 Å². The minimum absolute atomic E-state index is 0.144. The van der Waals surface area contributed by atoms with Crippen molar-refractivity contribution in [3.05, 3.63) is 106 Å². The van der Waals surface area contributed by atoms with E-state index in [0.29, 0.717) is 23.0 Å². The Bertz CT molecular complexity index is 1040. The van der Waals surface area contributed by atoms with E-state index >= 15 is 0 Å². The monoisotopic (exact) mass is 468 g/mol. The van der Waals surface area contributed by atoms with Gasteiger partial charge < -0.3 is 10.2 Å². The van der Waals surface area contributed by atoms with Crippen LogP contribution in [0.4, 0.5) is 0 Å². The highest BCUT2D eigenvalue weighted by molar-refractivity contribution is 6.35. The molecule has 0 fully saturated rings. The highest BCUT2D eigenvalue weighted by Crippen LogP contribution is 2.24. The van der Waals surface area contributed by atoms with Crippen LogP contribution in [-0.2, 0) is 29.0 Å². The molecule has 1 N–H and O–H groups in total. The molecule has 0 bridgehead atoms. The first-order valence-corrected chi connectivity index (χ1v) is 11.3. The summed E-state index contributed by atoms with van der Waals surface area (Å²) in [7, 11) is 0. The Balaban J connectivity index is 1.97. The molecule has 0 heterocycles. The van der Waals surface area contributed by atoms with Gasteiger partial charge in [-0.2, -0.15) is 0 Å². The van der Waals surface area contributed by atoms with Gasteiger partial charge in [-0.25, -0.2) is 0 Å². The van der Waals surface area contributed by atoms with Crippen molar-refractivity contribution in [2.24, 2.45) is 0 Å². The molecule has 0 radical (unpaired) electrons. The van der Waals surface area contributed by atoms with Gasteiger partial charge >= 0.3 is 0 Å². The van der Waals surface area contributed by atoms with Crippen molar-refractivity contribution >= 4 is 35.0 Å². The molecule has 0 spiro atoms. The fourth-order valence-electron chi connectivity index (χ4n) is 3.55. The first-order valence-electron chi connectivity index (χ1n) is 10.6. The fourth-order valence-corrected chi connectivity index (χ4v) is 4.02. The Hall–Kier alpha value is -2.82. The largest absolute Gasteiger partial charge is 0.355 e. The van der Waals surface area contributed by atoms with E-state index < -0.39 is 6.04 Å². The second-order valence-electron chi connectivity index (χ2n) is 7.52. The van der Waals surface area contributed by atoms with Crippen LogP contribution in [0.2, 0.25) is 10.0 Å². The predicted octanol–water partition coefficient (Wildman–Crippen LogP) is 5.31. The number of rotatable bonds is 9. The molecule has 0 aliphatic carbocycles. The number of nitrogens with one attached hydrogen (secondary N) is 1. The van der Waals surface area contributed by atoms with Gasteiger partial charge in [-0.05, 0) is 35.7 Å². The van der Waals surface area contributed by atoms with E-state index in [9.17, 15) is 9.59 Å². The van der Waals surface area contributed by atoms with Crippen molar-refractivity contribution in [2.45, 2.75) is 32.4 Å². The topological polar surface area (TPSA) is 49.4 Å². The maximum absolute atomic E-state index is 13.5. The fraction of sp³-hybridized carbons (Fsp3) is 0.231. The standard InChI is InChI=1S/C26H26Cl2N2O2/c1-2-29-26(32)24(15-19-9-5-3-6-10-19)30(18-21-13-14-22(27)17-23(21)28)25(31)16-20-11-7-4-8-12-20/h3-14,17,24H,2,15-16,18H2,1H3,(H,29,32)/t24-/m1/s1. The second-order valence-corrected chi connectivity index (χ2v) is 8.36. The van der Waals surface area contributed by atoms with Crippen LogP contribution in [0.5, 0.6) is 0 Å². The van der Waals surface area contributed by atoms with Gasteiger partial charge in [0.1, 0.15) is 6.04 Å². The predicted molar refractivity (Wildman–Crippen MR) is 130 cm³/mol. The Labute approximate surface area is 199 Å². The first kappa shape index (κ1) is 23.8. The molecule has 166 valence electrons. The smallest absolute Gasteiger partial charge is 0.243 e. The summed E-state index contributed by atoms with van der Waals surface area (Å²) in [5.41, 5.74) is 2.60. The van der Waals surface area contributed by atoms with Gasteiger partial charge in [0.2, 0.25) is 11.8 Å². The number of hydrogen-bond donors (Lipinski definition) is 1. The summed E-state index contributed by atoms with van der Waals surface area (Å²) in [6.45, 7) is 2.55. The molecule has 0 aliphatic rings. The third kappa shape index (κ3) is 6.59. The Morgan fingerprint density at radius 2 is 1.53 bits per heavy atom. The highest BCUT2D eigenvalue weighted by Gasteiger charge is 2.30. The zero-order chi connectivity index (χ0) is 22.9. The molecule has 3 aromatic rings. The number of halogens is 2. The van der Waals surface area contributed by atoms with Crippen LogP contribution in [0.1, 0.15) is 23.6 Å². The SMILES string of the molecule is CCNC(=O)[C@@H](Cc1ccccc1)N(Cc1ccc(Cl)cc1Cl)C(=O)Cc1ccccc1. The van der Waals surface area contributed by atoms with E-state index in [1.807, 2.05) is 67.6 Å². The molecule has 0 saturated heterocycles. The Morgan fingerprint density at radius 1 is 0.906 bits per heavy atom. The van der Waals surface area contributed by atoms with E-state index in [1.165, 1.54) is 0 Å². The lowest BCUT2D eigenvalue weighted by Gasteiger charge is -2.32. The molecular formula is C26H26Cl2N2O2. The van der Waals surface area contributed by atoms with Crippen molar-refractivity contribution in [2.75, 3.05) is 6.54 Å². The molecule has 0 aromatic heterocycles. The number of carbonyl (C=O) groups is 2. The van der Waals surface area contributed by atoms with Gasteiger partial charge in [0.15, 0.2) is 0 Å². The van der Waals surface area contributed by atoms with Crippen molar-refractivity contribution in [1.82, 2.24) is 10.2 Å². The van der Waals surface area contributed by atoms with Crippen LogP contribution in [-0.4, -0.2) is 29.3 Å². The molecule has 0 aliphatic heterocycles. The normalized spacial score (nSPS) is 11.6. The number of nitrogens with zero attached hydrogens (tertiary/aromatic N) is 1. The summed E-state index contributed by atoms with van der Waals surface area (Å²) in [5.74, 6) is -0.336. The molecule has 3 rings (SSSR count). The average molecular weight is 469 g/mol. The summed E-state index contributed by atoms with van der Waals surface area (Å²) >= 11 is 12.5. The van der Waals surface area contributed by atoms with E-state index in [2.05, 4.69) is 5.32 Å². The lowest BCUT2D eigenvalue weighted by Crippen LogP contribution is -2.51. The summed E-state index contributed by atoms with van der Waals surface area (Å²) in [4.78, 5) is 28.3. The molecule has 1 atom stereocenters. The van der Waals surface area contributed by atoms with Gasteiger partial charge in [0.05, 0.1) is 6.42 Å². The minimum atomic E-state index is -0.680. The molecule has 6 heteroatoms. The van der Waals surface area contributed by atoms with Crippen molar-refractivity contribution < 1.29 is 9.59 Å². The van der Waals surface area contributed by atoms with E-state index in [-0.39, 0.29) is 24.8 Å². The zero-order valence-electron chi connectivity index (χ0n) is 17.9. The lowest BCUT2D eigenvalue weighted by atomic mass is 10.0.